The molecule has 0 saturated carbocycles. The minimum atomic E-state index is 1.09. The summed E-state index contributed by atoms with van der Waals surface area (Å²) in [5.41, 5.74) is 32.7. The molecule has 0 saturated heterocycles. The zero-order chi connectivity index (χ0) is 70.0. The molecule has 0 atom stereocenters. The highest BCUT2D eigenvalue weighted by Crippen LogP contribution is 2.38. The number of anilines is 6. The first-order chi connectivity index (χ1) is 49.9. The van der Waals surface area contributed by atoms with Crippen LogP contribution in [-0.4, -0.2) is 0 Å². The molecular formula is C100H84N2. The van der Waals surface area contributed by atoms with Crippen LogP contribution in [0.4, 0.5) is 34.1 Å². The first kappa shape index (κ1) is 67.9. The molecule has 0 N–H and O–H groups in total. The van der Waals surface area contributed by atoms with Gasteiger partial charge in [0.25, 0.3) is 0 Å². The molecule has 102 heavy (non-hydrogen) atoms. The Morgan fingerprint density at radius 2 is 0.382 bits per heavy atom. The summed E-state index contributed by atoms with van der Waals surface area (Å²) < 4.78 is 0. The van der Waals surface area contributed by atoms with E-state index in [-0.39, 0.29) is 0 Å². The summed E-state index contributed by atoms with van der Waals surface area (Å²) in [6, 6.07) is 114. The molecule has 2 heteroatoms. The van der Waals surface area contributed by atoms with E-state index in [0.29, 0.717) is 0 Å². The summed E-state index contributed by atoms with van der Waals surface area (Å²) in [6.07, 6.45) is 30.6. The van der Waals surface area contributed by atoms with E-state index in [0.717, 1.165) is 89.8 Å². The lowest BCUT2D eigenvalue weighted by Gasteiger charge is -2.26. The number of aryl methyl sites for hydroxylation is 6. The monoisotopic (exact) mass is 1310 g/mol. The Morgan fingerprint density at radius 3 is 0.588 bits per heavy atom. The third-order valence-corrected chi connectivity index (χ3v) is 18.4. The van der Waals surface area contributed by atoms with E-state index in [1.165, 1.54) is 66.8 Å². The van der Waals surface area contributed by atoms with Gasteiger partial charge in [0.05, 0.1) is 0 Å². The number of hydrogen-bond acceptors (Lipinski definition) is 2. The Kier molecular flexibility index (Phi) is 21.9. The van der Waals surface area contributed by atoms with Crippen molar-refractivity contribution in [1.82, 2.24) is 0 Å². The second kappa shape index (κ2) is 32.8. The van der Waals surface area contributed by atoms with E-state index in [4.69, 9.17) is 0 Å². The van der Waals surface area contributed by atoms with Crippen LogP contribution in [0.25, 0.3) is 71.9 Å². The van der Waals surface area contributed by atoms with Crippen molar-refractivity contribution in [2.24, 2.45) is 0 Å². The zero-order valence-corrected chi connectivity index (χ0v) is 59.0. The summed E-state index contributed by atoms with van der Waals surface area (Å²) in [4.78, 5) is 4.66. The average Bonchev–Trinajstić information content (AvgIpc) is 0.819. The molecule has 0 aromatic heterocycles. The van der Waals surface area contributed by atoms with Crippen molar-refractivity contribution in [2.75, 3.05) is 9.80 Å². The topological polar surface area (TPSA) is 6.48 Å². The normalized spacial score (nSPS) is 11.6. The van der Waals surface area contributed by atoms with Gasteiger partial charge in [-0.15, -0.1) is 0 Å². The molecule has 0 spiro atoms. The molecule has 0 heterocycles. The first-order valence-corrected chi connectivity index (χ1v) is 35.2. The zero-order valence-electron chi connectivity index (χ0n) is 59.0. The lowest BCUT2D eigenvalue weighted by Crippen LogP contribution is -2.10. The van der Waals surface area contributed by atoms with E-state index >= 15 is 0 Å². The molecule has 0 unspecified atom stereocenters. The molecule has 13 rings (SSSR count). The van der Waals surface area contributed by atoms with Crippen LogP contribution in [0.2, 0.25) is 0 Å². The maximum Gasteiger partial charge on any atom is 0.0464 e. The van der Waals surface area contributed by atoms with Crippen LogP contribution in [0.1, 0.15) is 111 Å². The molecule has 0 bridgehead atoms. The molecular weight excluding hydrogens is 1230 g/mol. The second-order valence-electron chi connectivity index (χ2n) is 26.4. The fourth-order valence-corrected chi connectivity index (χ4v) is 12.5. The fourth-order valence-electron chi connectivity index (χ4n) is 12.5. The number of allylic oxidation sites excluding steroid dienone is 4. The van der Waals surface area contributed by atoms with Gasteiger partial charge in [0.2, 0.25) is 0 Å². The summed E-state index contributed by atoms with van der Waals surface area (Å²) >= 11 is 0. The summed E-state index contributed by atoms with van der Waals surface area (Å²) in [6.45, 7) is 12.8. The van der Waals surface area contributed by atoms with Gasteiger partial charge < -0.3 is 9.80 Å². The Labute approximate surface area is 604 Å². The number of nitrogens with zero attached hydrogens (tertiary/aromatic N) is 2. The van der Waals surface area contributed by atoms with Gasteiger partial charge in [-0.25, -0.2) is 0 Å². The second-order valence-corrected chi connectivity index (χ2v) is 26.4. The van der Waals surface area contributed by atoms with Crippen molar-refractivity contribution in [1.29, 1.82) is 0 Å². The van der Waals surface area contributed by atoms with Crippen molar-refractivity contribution in [3.63, 3.8) is 0 Å². The van der Waals surface area contributed by atoms with Crippen molar-refractivity contribution < 1.29 is 0 Å². The highest BCUT2D eigenvalue weighted by molar-refractivity contribution is 5.86. The van der Waals surface area contributed by atoms with Crippen LogP contribution >= 0.6 is 0 Å². The Balaban J connectivity index is 0.619. The standard InChI is InChI=1S/C100H84N2/c1-73-19-55-89(56-20-73)99(90-57-21-74(2)22-58-90)17-9-13-79-27-31-81(32-28-79)39-43-85-47-63-93(64-48-85)101(97-15-7-11-77(5)71-97)95-67-51-87(52-68-95)45-41-83-35-37-84(38-36-83)42-46-88-53-69-96(70-54-88)102(98-16-8-12-78(6)72-98)94-65-49-86(50-66-94)44-40-82-33-29-80(30-34-82)14-10-18-100(91-59-23-75(3)24-60-91)92-61-25-76(4)26-62-92/h7-72H,1-6H3/b13-9+,14-10+,43-39+,44-40+,45-41+,46-42+. The van der Waals surface area contributed by atoms with E-state index in [9.17, 15) is 0 Å². The Hall–Kier alpha value is -12.6. The molecule has 0 amide bonds. The molecule has 0 fully saturated rings. The smallest absolute Gasteiger partial charge is 0.0464 e. The number of hydrogen-bond donors (Lipinski definition) is 0. The van der Waals surface area contributed by atoms with Crippen LogP contribution in [0.15, 0.2) is 340 Å². The molecule has 0 aliphatic heterocycles. The predicted molar refractivity (Wildman–Crippen MR) is 444 cm³/mol. The van der Waals surface area contributed by atoms with Gasteiger partial charge in [-0.3, -0.25) is 0 Å². The summed E-state index contributed by atoms with van der Waals surface area (Å²) in [7, 11) is 0. The van der Waals surface area contributed by atoms with Gasteiger partial charge in [0.15, 0.2) is 0 Å². The molecule has 2 nitrogen and oxygen atoms in total. The molecule has 0 aliphatic carbocycles. The van der Waals surface area contributed by atoms with Crippen molar-refractivity contribution in [3.8, 4) is 0 Å². The van der Waals surface area contributed by atoms with Crippen LogP contribution in [0.3, 0.4) is 0 Å². The quantitative estimate of drug-likeness (QED) is 0.0493. The maximum absolute atomic E-state index is 2.33. The predicted octanol–water partition coefficient (Wildman–Crippen LogP) is 27.4. The van der Waals surface area contributed by atoms with Crippen LogP contribution < -0.4 is 9.80 Å². The third kappa shape index (κ3) is 18.2. The van der Waals surface area contributed by atoms with Gasteiger partial charge in [-0.2, -0.15) is 0 Å². The van der Waals surface area contributed by atoms with Gasteiger partial charge in [-0.05, 0) is 215 Å². The van der Waals surface area contributed by atoms with Gasteiger partial charge in [0, 0.05) is 34.1 Å². The number of benzene rings is 13. The lowest BCUT2D eigenvalue weighted by molar-refractivity contribution is 1.27. The third-order valence-electron chi connectivity index (χ3n) is 18.4. The number of rotatable bonds is 22. The minimum absolute atomic E-state index is 1.09. The molecule has 13 aromatic carbocycles. The largest absolute Gasteiger partial charge is 0.310 e. The van der Waals surface area contributed by atoms with E-state index in [1.54, 1.807) is 0 Å². The summed E-state index contributed by atoms with van der Waals surface area (Å²) in [5, 5.41) is 0. The minimum Gasteiger partial charge on any atom is -0.310 e. The highest BCUT2D eigenvalue weighted by atomic mass is 15.1. The fraction of sp³-hybridized carbons (Fsp3) is 0.0600. The SMILES string of the molecule is Cc1ccc(C(=C/C=C/c2ccc(/C=C/c3ccc(N(c4ccc(/C=C/c5ccc(/C=C/c6ccc(N(c7ccc(/C=C/c8ccc(/C=C/C=C(c9ccc(C)cc9)c9ccc(C)cc9)cc8)cc7)c7cccc(C)c7)cc6)cc5)cc4)c4cccc(C)c4)cc3)cc2)c2ccc(C)cc2)cc1. The van der Waals surface area contributed by atoms with Gasteiger partial charge >= 0.3 is 0 Å². The summed E-state index contributed by atoms with van der Waals surface area (Å²) in [5.74, 6) is 0. The van der Waals surface area contributed by atoms with E-state index in [1.807, 2.05) is 0 Å². The van der Waals surface area contributed by atoms with Gasteiger partial charge in [-0.1, -0.05) is 350 Å². The van der Waals surface area contributed by atoms with Crippen molar-refractivity contribution >= 4 is 106 Å². The molecule has 494 valence electrons. The van der Waals surface area contributed by atoms with Crippen molar-refractivity contribution in [3.05, 3.63) is 451 Å². The first-order valence-electron chi connectivity index (χ1n) is 35.2. The molecule has 13 aromatic rings. The van der Waals surface area contributed by atoms with Crippen molar-refractivity contribution in [2.45, 2.75) is 41.5 Å². The Bertz CT molecular complexity index is 4760. The Morgan fingerprint density at radius 1 is 0.186 bits per heavy atom. The van der Waals surface area contributed by atoms with E-state index in [2.05, 4.69) is 452 Å². The van der Waals surface area contributed by atoms with Crippen LogP contribution in [-0.2, 0) is 0 Å². The van der Waals surface area contributed by atoms with Gasteiger partial charge in [0.1, 0.15) is 0 Å². The highest BCUT2D eigenvalue weighted by Gasteiger charge is 2.15. The van der Waals surface area contributed by atoms with Crippen LogP contribution in [0, 0.1) is 41.5 Å². The molecule has 0 radical (unpaired) electrons. The maximum atomic E-state index is 2.33. The van der Waals surface area contributed by atoms with Crippen LogP contribution in [0.5, 0.6) is 0 Å². The average molecular weight is 1310 g/mol. The molecule has 0 aliphatic rings. The lowest BCUT2D eigenvalue weighted by atomic mass is 9.96. The van der Waals surface area contributed by atoms with E-state index < -0.39 is 0 Å².